The quantitative estimate of drug-likeness (QED) is 0.623. The third-order valence-corrected chi connectivity index (χ3v) is 2.80. The molecular weight excluding hydrogens is 274 g/mol. The number of nitro groups is 1. The first-order valence-electron chi connectivity index (χ1n) is 6.59. The van der Waals surface area contributed by atoms with Gasteiger partial charge in [-0.1, -0.05) is 25.1 Å². The highest BCUT2D eigenvalue weighted by atomic mass is 16.6. The maximum atomic E-state index is 11.0. The van der Waals surface area contributed by atoms with Crippen LogP contribution in [0.15, 0.2) is 35.0 Å². The van der Waals surface area contributed by atoms with Gasteiger partial charge in [0, 0.05) is 24.7 Å². The number of nitrogens with one attached hydrogen (secondary N) is 1. The second-order valence-corrected chi connectivity index (χ2v) is 4.86. The lowest BCUT2D eigenvalue weighted by atomic mass is 10.2. The van der Waals surface area contributed by atoms with Crippen molar-refractivity contribution in [3.63, 3.8) is 0 Å². The Hall–Kier alpha value is -2.41. The van der Waals surface area contributed by atoms with Crippen molar-refractivity contribution in [2.45, 2.75) is 33.0 Å². The lowest BCUT2D eigenvalue weighted by molar-refractivity contribution is -0.386. The second kappa shape index (κ2) is 6.85. The topological polar surface area (TPSA) is 90.4 Å². The first kappa shape index (κ1) is 15.0. The van der Waals surface area contributed by atoms with E-state index in [9.17, 15) is 10.1 Å². The lowest BCUT2D eigenvalue weighted by Gasteiger charge is -2.10. The molecule has 0 bridgehead atoms. The highest BCUT2D eigenvalue weighted by Gasteiger charge is 2.16. The molecule has 1 N–H and O–H groups in total. The van der Waals surface area contributed by atoms with Crippen LogP contribution in [0.5, 0.6) is 5.75 Å². The van der Waals surface area contributed by atoms with Crippen LogP contribution in [0.3, 0.4) is 0 Å². The molecule has 0 saturated carbocycles. The van der Waals surface area contributed by atoms with E-state index in [0.29, 0.717) is 18.3 Å². The molecule has 0 amide bonds. The summed E-state index contributed by atoms with van der Waals surface area (Å²) in [5.74, 6) is 0.731. The summed E-state index contributed by atoms with van der Waals surface area (Å²) in [6, 6.07) is 6.82. The molecule has 0 radical (unpaired) electrons. The molecule has 7 heteroatoms. The molecular formula is C14H17N3O4. The maximum absolute atomic E-state index is 11.0. The maximum Gasteiger partial charge on any atom is 0.310 e. The number of hydrogen-bond acceptors (Lipinski definition) is 6. The van der Waals surface area contributed by atoms with Crippen molar-refractivity contribution in [3.05, 3.63) is 51.9 Å². The average molecular weight is 291 g/mol. The van der Waals surface area contributed by atoms with Gasteiger partial charge in [0.25, 0.3) is 0 Å². The molecule has 0 aliphatic rings. The molecule has 0 spiro atoms. The normalized spacial score (nSPS) is 10.8. The third kappa shape index (κ3) is 4.28. The Bertz CT molecular complexity index is 596. The number of nitrogens with zero attached hydrogens (tertiary/aromatic N) is 2. The van der Waals surface area contributed by atoms with Gasteiger partial charge in [-0.05, 0) is 11.6 Å². The minimum absolute atomic E-state index is 0.0668. The zero-order valence-electron chi connectivity index (χ0n) is 11.9. The van der Waals surface area contributed by atoms with Crippen LogP contribution < -0.4 is 10.1 Å². The number of nitro benzene ring substituents is 1. The molecule has 0 saturated heterocycles. The van der Waals surface area contributed by atoms with Crippen LogP contribution in [0.1, 0.15) is 25.2 Å². The van der Waals surface area contributed by atoms with Gasteiger partial charge in [0.2, 0.25) is 0 Å². The molecule has 1 aromatic carbocycles. The van der Waals surface area contributed by atoms with Gasteiger partial charge in [-0.3, -0.25) is 10.1 Å². The van der Waals surface area contributed by atoms with Crippen LogP contribution in [-0.4, -0.2) is 16.1 Å². The third-order valence-electron chi connectivity index (χ3n) is 2.80. The zero-order valence-corrected chi connectivity index (χ0v) is 11.9. The fraction of sp³-hybridized carbons (Fsp3) is 0.357. The predicted octanol–water partition coefficient (Wildman–Crippen LogP) is 2.66. The minimum atomic E-state index is -0.463. The van der Waals surface area contributed by atoms with E-state index in [1.165, 1.54) is 12.3 Å². The Morgan fingerprint density at radius 1 is 1.43 bits per heavy atom. The summed E-state index contributed by atoms with van der Waals surface area (Å²) in [4.78, 5) is 10.6. The average Bonchev–Trinajstić information content (AvgIpc) is 2.96. The van der Waals surface area contributed by atoms with Crippen molar-refractivity contribution < 1.29 is 14.2 Å². The first-order chi connectivity index (χ1) is 10.1. The molecule has 0 aliphatic heterocycles. The van der Waals surface area contributed by atoms with Crippen molar-refractivity contribution in [2.24, 2.45) is 0 Å². The fourth-order valence-electron chi connectivity index (χ4n) is 1.72. The Balaban J connectivity index is 2.14. The molecule has 2 rings (SSSR count). The fourth-order valence-corrected chi connectivity index (χ4v) is 1.72. The minimum Gasteiger partial charge on any atom is -0.479 e. The van der Waals surface area contributed by atoms with Gasteiger partial charge >= 0.3 is 5.69 Å². The Morgan fingerprint density at radius 3 is 2.86 bits per heavy atom. The van der Waals surface area contributed by atoms with Gasteiger partial charge in [-0.25, -0.2) is 0 Å². The van der Waals surface area contributed by atoms with Crippen LogP contribution in [0.25, 0.3) is 0 Å². The number of benzene rings is 1. The van der Waals surface area contributed by atoms with Crippen LogP contribution in [0, 0.1) is 10.1 Å². The number of ether oxygens (including phenoxy) is 1. The SMILES string of the molecule is CC(C)NCc1ccc([N+](=O)[O-])c(OCc2ccno2)c1. The van der Waals surface area contributed by atoms with E-state index in [1.807, 2.05) is 13.8 Å². The van der Waals surface area contributed by atoms with E-state index in [1.54, 1.807) is 18.2 Å². The van der Waals surface area contributed by atoms with E-state index >= 15 is 0 Å². The molecule has 0 fully saturated rings. The Labute approximate surface area is 122 Å². The second-order valence-electron chi connectivity index (χ2n) is 4.86. The molecule has 0 aliphatic carbocycles. The summed E-state index contributed by atoms with van der Waals surface area (Å²) in [5, 5.41) is 17.8. The van der Waals surface area contributed by atoms with Crippen LogP contribution >= 0.6 is 0 Å². The molecule has 0 atom stereocenters. The van der Waals surface area contributed by atoms with Crippen molar-refractivity contribution in [3.8, 4) is 5.75 Å². The van der Waals surface area contributed by atoms with Crippen molar-refractivity contribution >= 4 is 5.69 Å². The number of rotatable bonds is 7. The van der Waals surface area contributed by atoms with Crippen molar-refractivity contribution in [2.75, 3.05) is 0 Å². The zero-order chi connectivity index (χ0) is 15.2. The van der Waals surface area contributed by atoms with E-state index in [0.717, 1.165) is 5.56 Å². The summed E-state index contributed by atoms with van der Waals surface area (Å²) >= 11 is 0. The highest BCUT2D eigenvalue weighted by Crippen LogP contribution is 2.28. The molecule has 1 aromatic heterocycles. The lowest BCUT2D eigenvalue weighted by Crippen LogP contribution is -2.21. The monoisotopic (exact) mass is 291 g/mol. The van der Waals surface area contributed by atoms with Gasteiger partial charge in [-0.2, -0.15) is 0 Å². The Kier molecular flexibility index (Phi) is 4.89. The summed E-state index contributed by atoms with van der Waals surface area (Å²) in [7, 11) is 0. The van der Waals surface area contributed by atoms with Crippen LogP contribution in [-0.2, 0) is 13.2 Å². The van der Waals surface area contributed by atoms with Crippen LogP contribution in [0.4, 0.5) is 5.69 Å². The summed E-state index contributed by atoms with van der Waals surface area (Å²) in [6.45, 7) is 4.79. The first-order valence-corrected chi connectivity index (χ1v) is 6.59. The summed E-state index contributed by atoms with van der Waals surface area (Å²) in [5.41, 5.74) is 0.852. The molecule has 2 aromatic rings. The standard InChI is InChI=1S/C14H17N3O4/c1-10(2)15-8-11-3-4-13(17(18)19)14(7-11)20-9-12-5-6-16-21-12/h3-7,10,15H,8-9H2,1-2H3. The highest BCUT2D eigenvalue weighted by molar-refractivity contribution is 5.48. The smallest absolute Gasteiger partial charge is 0.310 e. The van der Waals surface area contributed by atoms with Crippen LogP contribution in [0.2, 0.25) is 0 Å². The molecule has 0 unspecified atom stereocenters. The summed E-state index contributed by atoms with van der Waals surface area (Å²) < 4.78 is 10.4. The van der Waals surface area contributed by atoms with E-state index < -0.39 is 4.92 Å². The number of aromatic nitrogens is 1. The molecule has 7 nitrogen and oxygen atoms in total. The van der Waals surface area contributed by atoms with Crippen molar-refractivity contribution in [1.82, 2.24) is 10.5 Å². The predicted molar refractivity (Wildman–Crippen MR) is 75.9 cm³/mol. The number of hydrogen-bond donors (Lipinski definition) is 1. The molecule has 21 heavy (non-hydrogen) atoms. The van der Waals surface area contributed by atoms with Gasteiger partial charge in [0.05, 0.1) is 11.1 Å². The summed E-state index contributed by atoms with van der Waals surface area (Å²) in [6.07, 6.45) is 1.50. The van der Waals surface area contributed by atoms with Crippen molar-refractivity contribution in [1.29, 1.82) is 0 Å². The van der Waals surface area contributed by atoms with E-state index in [2.05, 4.69) is 10.5 Å². The Morgan fingerprint density at radius 2 is 2.24 bits per heavy atom. The van der Waals surface area contributed by atoms with E-state index in [4.69, 9.17) is 9.26 Å². The van der Waals surface area contributed by atoms with Gasteiger partial charge < -0.3 is 14.6 Å². The van der Waals surface area contributed by atoms with Gasteiger partial charge in [0.1, 0.15) is 6.61 Å². The largest absolute Gasteiger partial charge is 0.479 e. The van der Waals surface area contributed by atoms with E-state index in [-0.39, 0.29) is 18.0 Å². The molecule has 112 valence electrons. The van der Waals surface area contributed by atoms with Gasteiger partial charge in [-0.15, -0.1) is 0 Å². The molecule has 1 heterocycles. The van der Waals surface area contributed by atoms with Gasteiger partial charge in [0.15, 0.2) is 11.5 Å².